The van der Waals surface area contributed by atoms with E-state index in [4.69, 9.17) is 17.0 Å². The zero-order valence-electron chi connectivity index (χ0n) is 21.5. The Hall–Kier alpha value is -2.64. The summed E-state index contributed by atoms with van der Waals surface area (Å²) >= 11 is 6.75. The molecule has 0 radical (unpaired) electrons. The molecule has 1 unspecified atom stereocenters. The third kappa shape index (κ3) is 5.84. The Bertz CT molecular complexity index is 1170. The van der Waals surface area contributed by atoms with Crippen LogP contribution in [0.1, 0.15) is 69.1 Å². The maximum absolute atomic E-state index is 13.2. The molecule has 2 aliphatic heterocycles. The van der Waals surface area contributed by atoms with E-state index in [2.05, 4.69) is 6.92 Å². The van der Waals surface area contributed by atoms with Crippen LogP contribution in [0.15, 0.2) is 9.70 Å². The van der Waals surface area contributed by atoms with Crippen molar-refractivity contribution in [2.75, 3.05) is 31.1 Å². The second-order valence-corrected chi connectivity index (χ2v) is 10.8. The van der Waals surface area contributed by atoms with Crippen LogP contribution in [-0.4, -0.2) is 51.9 Å². The lowest BCUT2D eigenvalue weighted by Crippen LogP contribution is -2.42. The van der Waals surface area contributed by atoms with Gasteiger partial charge >= 0.3 is 5.97 Å². The van der Waals surface area contributed by atoms with Gasteiger partial charge in [-0.2, -0.15) is 5.26 Å². The molecule has 0 saturated carbocycles. The molecule has 0 bridgehead atoms. The summed E-state index contributed by atoms with van der Waals surface area (Å²) in [5.41, 5.74) is 0.789. The standard InChI is InChI=1S/C26H34N4O4S2/c1-5-7-8-9-13-30-24(32)21(36-26(30)35)14-19-17(3)20(15-27)23(31)28(4)22(19)29-12-10-11-18(16-29)25(33)34-6-2/h14,18H,5-13,16H2,1-4H3/b21-14+. The quantitative estimate of drug-likeness (QED) is 0.204. The summed E-state index contributed by atoms with van der Waals surface area (Å²) in [5.74, 6) is -0.108. The SMILES string of the molecule is CCCCCCN1C(=O)/C(=C\c2c(C)c(C#N)c(=O)n(C)c2N2CCCC(C(=O)OCC)C2)SC1=S. The third-order valence-corrected chi connectivity index (χ3v) is 8.07. The summed E-state index contributed by atoms with van der Waals surface area (Å²) in [6.45, 7) is 7.59. The zero-order chi connectivity index (χ0) is 26.4. The molecule has 0 N–H and O–H groups in total. The topological polar surface area (TPSA) is 95.6 Å². The molecular formula is C26H34N4O4S2. The number of thioether (sulfide) groups is 1. The lowest BCUT2D eigenvalue weighted by molar-refractivity contribution is -0.148. The Morgan fingerprint density at radius 1 is 1.28 bits per heavy atom. The van der Waals surface area contributed by atoms with Crippen LogP contribution in [0, 0.1) is 24.2 Å². The minimum Gasteiger partial charge on any atom is -0.466 e. The highest BCUT2D eigenvalue weighted by atomic mass is 32.2. The average molecular weight is 531 g/mol. The Morgan fingerprint density at radius 3 is 2.69 bits per heavy atom. The van der Waals surface area contributed by atoms with Crippen LogP contribution in [0.4, 0.5) is 5.82 Å². The highest BCUT2D eigenvalue weighted by Gasteiger charge is 2.34. The van der Waals surface area contributed by atoms with Gasteiger partial charge in [-0.15, -0.1) is 0 Å². The largest absolute Gasteiger partial charge is 0.466 e. The van der Waals surface area contributed by atoms with E-state index in [-0.39, 0.29) is 23.4 Å². The van der Waals surface area contributed by atoms with Crippen molar-refractivity contribution in [1.82, 2.24) is 9.47 Å². The van der Waals surface area contributed by atoms with Gasteiger partial charge in [-0.25, -0.2) is 0 Å². The van der Waals surface area contributed by atoms with Crippen molar-refractivity contribution in [2.45, 2.75) is 59.3 Å². The molecule has 0 aliphatic carbocycles. The molecule has 0 aromatic carbocycles. The van der Waals surface area contributed by atoms with Crippen LogP contribution in [0.2, 0.25) is 0 Å². The van der Waals surface area contributed by atoms with Gasteiger partial charge in [0, 0.05) is 32.2 Å². The number of carbonyl (C=O) groups is 2. The number of hydrogen-bond acceptors (Lipinski definition) is 8. The number of nitrogens with zero attached hydrogens (tertiary/aromatic N) is 4. The molecule has 1 amide bonds. The third-order valence-electron chi connectivity index (χ3n) is 6.69. The van der Waals surface area contributed by atoms with E-state index < -0.39 is 5.56 Å². The van der Waals surface area contributed by atoms with E-state index in [1.807, 2.05) is 11.0 Å². The van der Waals surface area contributed by atoms with Crippen LogP contribution in [-0.2, 0) is 21.4 Å². The zero-order valence-corrected chi connectivity index (χ0v) is 23.1. The first kappa shape index (κ1) is 27.9. The lowest BCUT2D eigenvalue weighted by atomic mass is 9.96. The van der Waals surface area contributed by atoms with Crippen LogP contribution < -0.4 is 10.5 Å². The second kappa shape index (κ2) is 12.5. The molecule has 3 heterocycles. The summed E-state index contributed by atoms with van der Waals surface area (Å²) in [6.07, 6.45) is 7.38. The van der Waals surface area contributed by atoms with E-state index in [0.717, 1.165) is 32.1 Å². The Balaban J connectivity index is 2.02. The number of rotatable bonds is 9. The average Bonchev–Trinajstić information content (AvgIpc) is 3.13. The number of pyridine rings is 1. The van der Waals surface area contributed by atoms with Crippen molar-refractivity contribution < 1.29 is 14.3 Å². The monoisotopic (exact) mass is 530 g/mol. The number of aromatic nitrogens is 1. The van der Waals surface area contributed by atoms with Crippen LogP contribution in [0.5, 0.6) is 0 Å². The first-order valence-corrected chi connectivity index (χ1v) is 13.8. The molecule has 1 aromatic heterocycles. The maximum atomic E-state index is 13.2. The molecule has 36 heavy (non-hydrogen) atoms. The number of anilines is 1. The maximum Gasteiger partial charge on any atom is 0.310 e. The van der Waals surface area contributed by atoms with Gasteiger partial charge in [0.1, 0.15) is 21.8 Å². The van der Waals surface area contributed by atoms with Gasteiger partial charge in [0.25, 0.3) is 11.5 Å². The molecule has 2 saturated heterocycles. The number of hydrogen-bond donors (Lipinski definition) is 0. The summed E-state index contributed by atoms with van der Waals surface area (Å²) in [7, 11) is 1.63. The predicted octanol–water partition coefficient (Wildman–Crippen LogP) is 4.13. The number of unbranched alkanes of at least 4 members (excludes halogenated alkanes) is 3. The molecule has 2 aliphatic rings. The summed E-state index contributed by atoms with van der Waals surface area (Å²) in [6, 6.07) is 2.03. The van der Waals surface area contributed by atoms with Crippen molar-refractivity contribution >= 4 is 52.1 Å². The van der Waals surface area contributed by atoms with Crippen LogP contribution >= 0.6 is 24.0 Å². The molecule has 10 heteroatoms. The minimum atomic E-state index is -0.399. The number of esters is 1. The van der Waals surface area contributed by atoms with Crippen molar-refractivity contribution in [3.63, 3.8) is 0 Å². The fourth-order valence-electron chi connectivity index (χ4n) is 4.74. The van der Waals surface area contributed by atoms with Crippen molar-refractivity contribution in [3.8, 4) is 6.07 Å². The van der Waals surface area contributed by atoms with E-state index in [1.54, 1.807) is 31.9 Å². The van der Waals surface area contributed by atoms with Crippen LogP contribution in [0.3, 0.4) is 0 Å². The van der Waals surface area contributed by atoms with Crippen molar-refractivity contribution in [3.05, 3.63) is 31.9 Å². The molecule has 1 aromatic rings. The van der Waals surface area contributed by atoms with Gasteiger partial charge in [-0.1, -0.05) is 50.2 Å². The molecule has 194 valence electrons. The predicted molar refractivity (Wildman–Crippen MR) is 147 cm³/mol. The van der Waals surface area contributed by atoms with Gasteiger partial charge in [0.05, 0.1) is 17.4 Å². The lowest BCUT2D eigenvalue weighted by Gasteiger charge is -2.35. The molecule has 3 rings (SSSR count). The fourth-order valence-corrected chi connectivity index (χ4v) is 6.03. The normalized spacial score (nSPS) is 19.2. The molecular weight excluding hydrogens is 496 g/mol. The van der Waals surface area contributed by atoms with Gasteiger partial charge < -0.3 is 9.64 Å². The van der Waals surface area contributed by atoms with E-state index in [1.165, 1.54) is 16.3 Å². The highest BCUT2D eigenvalue weighted by molar-refractivity contribution is 8.26. The van der Waals surface area contributed by atoms with Gasteiger partial charge in [0.15, 0.2) is 0 Å². The Morgan fingerprint density at radius 2 is 2.03 bits per heavy atom. The smallest absolute Gasteiger partial charge is 0.310 e. The van der Waals surface area contributed by atoms with Crippen molar-refractivity contribution in [1.29, 1.82) is 5.26 Å². The first-order chi connectivity index (χ1) is 17.2. The molecule has 2 fully saturated rings. The van der Waals surface area contributed by atoms with Gasteiger partial charge in [-0.05, 0) is 44.7 Å². The fraction of sp³-hybridized carbons (Fsp3) is 0.577. The number of nitriles is 1. The number of amides is 1. The summed E-state index contributed by atoms with van der Waals surface area (Å²) in [4.78, 5) is 42.8. The molecule has 8 nitrogen and oxygen atoms in total. The van der Waals surface area contributed by atoms with E-state index >= 15 is 0 Å². The minimum absolute atomic E-state index is 0.0431. The molecule has 1 atom stereocenters. The second-order valence-electron chi connectivity index (χ2n) is 9.14. The number of piperidine rings is 1. The van der Waals surface area contributed by atoms with E-state index in [9.17, 15) is 19.6 Å². The van der Waals surface area contributed by atoms with Crippen LogP contribution in [0.25, 0.3) is 6.08 Å². The van der Waals surface area contributed by atoms with E-state index in [0.29, 0.717) is 58.8 Å². The first-order valence-electron chi connectivity index (χ1n) is 12.6. The summed E-state index contributed by atoms with van der Waals surface area (Å²) in [5, 5.41) is 9.70. The molecule has 0 spiro atoms. The number of carbonyl (C=O) groups excluding carboxylic acids is 2. The number of thiocarbonyl (C=S) groups is 1. The Labute approximate surface area is 222 Å². The Kier molecular flexibility index (Phi) is 9.74. The highest BCUT2D eigenvalue weighted by Crippen LogP contribution is 2.36. The van der Waals surface area contributed by atoms with Gasteiger partial charge in [0.2, 0.25) is 0 Å². The number of ether oxygens (including phenoxy) is 1. The summed E-state index contributed by atoms with van der Waals surface area (Å²) < 4.78 is 7.22. The van der Waals surface area contributed by atoms with Gasteiger partial charge in [-0.3, -0.25) is 23.9 Å². The van der Waals surface area contributed by atoms with Crippen molar-refractivity contribution in [2.24, 2.45) is 13.0 Å².